The van der Waals surface area contributed by atoms with Crippen LogP contribution in [0.1, 0.15) is 44.1 Å². The van der Waals surface area contributed by atoms with Gasteiger partial charge in [-0.2, -0.15) is 4.31 Å². The number of hydrogen-bond donors (Lipinski definition) is 0. The summed E-state index contributed by atoms with van der Waals surface area (Å²) in [4.78, 5) is 15.5. The van der Waals surface area contributed by atoms with Gasteiger partial charge < -0.3 is 4.74 Å². The summed E-state index contributed by atoms with van der Waals surface area (Å²) in [6.45, 7) is 7.33. The van der Waals surface area contributed by atoms with E-state index in [1.54, 1.807) is 0 Å². The summed E-state index contributed by atoms with van der Waals surface area (Å²) >= 11 is 0.961. The molecule has 0 saturated carbocycles. The van der Waals surface area contributed by atoms with Gasteiger partial charge in [-0.1, -0.05) is 20.8 Å². The lowest BCUT2D eigenvalue weighted by Crippen LogP contribution is -2.43. The maximum Gasteiger partial charge on any atom is 0.358 e. The third kappa shape index (κ3) is 3.33. The van der Waals surface area contributed by atoms with Crippen LogP contribution in [0.2, 0.25) is 0 Å². The molecule has 8 heteroatoms. The molecule has 1 aromatic rings. The van der Waals surface area contributed by atoms with Gasteiger partial charge in [0.05, 0.1) is 12.6 Å². The largest absolute Gasteiger partial charge is 0.464 e. The monoisotopic (exact) mass is 346 g/mol. The zero-order valence-corrected chi connectivity index (χ0v) is 15.0. The standard InChI is InChI=1S/C14H22N2O4S2/c1-14(2,3)10-6-5-7-16(8-10)22(18,19)13-11(12(17)20-4)15-9-21-13/h9-10H,5-8H2,1-4H3/t10-/m0/s1. The van der Waals surface area contributed by atoms with Crippen molar-refractivity contribution < 1.29 is 17.9 Å². The second-order valence-electron chi connectivity index (χ2n) is 6.55. The van der Waals surface area contributed by atoms with Crippen molar-refractivity contribution in [3.8, 4) is 0 Å². The first-order chi connectivity index (χ1) is 10.2. The molecule has 2 heterocycles. The van der Waals surface area contributed by atoms with Gasteiger partial charge in [0, 0.05) is 13.1 Å². The van der Waals surface area contributed by atoms with Crippen LogP contribution in [0.4, 0.5) is 0 Å². The highest BCUT2D eigenvalue weighted by Gasteiger charge is 2.38. The summed E-state index contributed by atoms with van der Waals surface area (Å²) in [5, 5.41) is 0. The number of piperidine rings is 1. The number of carbonyl (C=O) groups excluding carboxylic acids is 1. The molecule has 0 radical (unpaired) electrons. The third-order valence-corrected chi connectivity index (χ3v) is 7.31. The Balaban J connectivity index is 2.31. The zero-order valence-electron chi connectivity index (χ0n) is 13.3. The Morgan fingerprint density at radius 2 is 2.14 bits per heavy atom. The first-order valence-electron chi connectivity index (χ1n) is 7.20. The summed E-state index contributed by atoms with van der Waals surface area (Å²) < 4.78 is 31.8. The number of carbonyl (C=O) groups is 1. The van der Waals surface area contributed by atoms with Crippen molar-refractivity contribution in [1.29, 1.82) is 0 Å². The fraction of sp³-hybridized carbons (Fsp3) is 0.714. The Bertz CT molecular complexity index is 646. The van der Waals surface area contributed by atoms with Gasteiger partial charge in [-0.05, 0) is 24.2 Å². The van der Waals surface area contributed by atoms with Crippen molar-refractivity contribution in [2.24, 2.45) is 11.3 Å². The second kappa shape index (κ2) is 6.25. The van der Waals surface area contributed by atoms with Crippen molar-refractivity contribution in [3.05, 3.63) is 11.2 Å². The minimum atomic E-state index is -3.71. The molecular weight excluding hydrogens is 324 g/mol. The van der Waals surface area contributed by atoms with Gasteiger partial charge in [-0.15, -0.1) is 11.3 Å². The first kappa shape index (κ1) is 17.4. The van der Waals surface area contributed by atoms with E-state index < -0.39 is 16.0 Å². The van der Waals surface area contributed by atoms with Crippen LogP contribution in [-0.2, 0) is 14.8 Å². The maximum absolute atomic E-state index is 12.9. The number of aromatic nitrogens is 1. The molecule has 0 aliphatic carbocycles. The summed E-state index contributed by atoms with van der Waals surface area (Å²) in [6, 6.07) is 0. The van der Waals surface area contributed by atoms with Crippen molar-refractivity contribution in [1.82, 2.24) is 9.29 Å². The Labute approximate surface area is 135 Å². The molecular formula is C14H22N2O4S2. The van der Waals surface area contributed by atoms with E-state index in [-0.39, 0.29) is 15.3 Å². The minimum absolute atomic E-state index is 0.0195. The van der Waals surface area contributed by atoms with Gasteiger partial charge in [0.15, 0.2) is 9.90 Å². The maximum atomic E-state index is 12.9. The van der Waals surface area contributed by atoms with Crippen LogP contribution < -0.4 is 0 Å². The van der Waals surface area contributed by atoms with Crippen LogP contribution in [0.5, 0.6) is 0 Å². The smallest absolute Gasteiger partial charge is 0.358 e. The first-order valence-corrected chi connectivity index (χ1v) is 9.52. The molecule has 0 amide bonds. The number of hydrogen-bond acceptors (Lipinski definition) is 6. The van der Waals surface area contributed by atoms with Crippen molar-refractivity contribution in [3.63, 3.8) is 0 Å². The highest BCUT2D eigenvalue weighted by atomic mass is 32.2. The summed E-state index contributed by atoms with van der Waals surface area (Å²) in [6.07, 6.45) is 1.84. The molecule has 124 valence electrons. The fourth-order valence-corrected chi connectivity index (χ4v) is 5.43. The molecule has 0 spiro atoms. The lowest BCUT2D eigenvalue weighted by Gasteiger charge is -2.38. The van der Waals surface area contributed by atoms with Crippen LogP contribution in [0.3, 0.4) is 0 Å². The van der Waals surface area contributed by atoms with Gasteiger partial charge in [0.1, 0.15) is 0 Å². The summed E-state index contributed by atoms with van der Waals surface area (Å²) in [7, 11) is -2.49. The predicted octanol–water partition coefficient (Wildman–Crippen LogP) is 2.38. The van der Waals surface area contributed by atoms with E-state index in [4.69, 9.17) is 0 Å². The van der Waals surface area contributed by atoms with Gasteiger partial charge in [0.25, 0.3) is 10.0 Å². The molecule has 1 atom stereocenters. The van der Waals surface area contributed by atoms with E-state index in [2.05, 4.69) is 30.5 Å². The molecule has 1 fully saturated rings. The molecule has 0 N–H and O–H groups in total. The van der Waals surface area contributed by atoms with Gasteiger partial charge in [0.2, 0.25) is 0 Å². The Hall–Kier alpha value is -0.990. The number of sulfonamides is 1. The molecule has 0 unspecified atom stereocenters. The quantitative estimate of drug-likeness (QED) is 0.785. The lowest BCUT2D eigenvalue weighted by atomic mass is 9.77. The average molecular weight is 346 g/mol. The summed E-state index contributed by atoms with van der Waals surface area (Å²) in [5.74, 6) is -0.422. The van der Waals surface area contributed by atoms with E-state index in [1.165, 1.54) is 16.9 Å². The Morgan fingerprint density at radius 1 is 1.45 bits per heavy atom. The Kier molecular flexibility index (Phi) is 4.93. The summed E-state index contributed by atoms with van der Waals surface area (Å²) in [5.41, 5.74) is 1.29. The van der Waals surface area contributed by atoms with Crippen molar-refractivity contribution >= 4 is 27.3 Å². The van der Waals surface area contributed by atoms with E-state index in [9.17, 15) is 13.2 Å². The van der Waals surface area contributed by atoms with Crippen LogP contribution in [0, 0.1) is 11.3 Å². The minimum Gasteiger partial charge on any atom is -0.464 e. The lowest BCUT2D eigenvalue weighted by molar-refractivity contribution is 0.0590. The number of methoxy groups -OCH3 is 1. The van der Waals surface area contributed by atoms with Gasteiger partial charge in [-0.25, -0.2) is 18.2 Å². The number of ether oxygens (including phenoxy) is 1. The van der Waals surface area contributed by atoms with Crippen LogP contribution in [0.25, 0.3) is 0 Å². The van der Waals surface area contributed by atoms with Crippen LogP contribution in [0.15, 0.2) is 9.72 Å². The van der Waals surface area contributed by atoms with Gasteiger partial charge >= 0.3 is 5.97 Å². The topological polar surface area (TPSA) is 76.6 Å². The molecule has 1 aliphatic heterocycles. The molecule has 1 aliphatic rings. The fourth-order valence-electron chi connectivity index (χ4n) is 2.64. The third-order valence-electron chi connectivity index (χ3n) is 4.10. The van der Waals surface area contributed by atoms with Gasteiger partial charge in [-0.3, -0.25) is 0 Å². The van der Waals surface area contributed by atoms with Crippen molar-refractivity contribution in [2.45, 2.75) is 37.8 Å². The molecule has 6 nitrogen and oxygen atoms in total. The van der Waals surface area contributed by atoms with Crippen LogP contribution in [-0.4, -0.2) is 43.9 Å². The molecule has 22 heavy (non-hydrogen) atoms. The average Bonchev–Trinajstić information content (AvgIpc) is 2.96. The Morgan fingerprint density at radius 3 is 2.73 bits per heavy atom. The van der Waals surface area contributed by atoms with E-state index in [0.717, 1.165) is 24.2 Å². The molecule has 1 saturated heterocycles. The normalized spacial score (nSPS) is 20.8. The number of esters is 1. The number of thiazole rings is 1. The number of nitrogens with zero attached hydrogens (tertiary/aromatic N) is 2. The van der Waals surface area contributed by atoms with E-state index >= 15 is 0 Å². The van der Waals surface area contributed by atoms with E-state index in [0.29, 0.717) is 19.0 Å². The van der Waals surface area contributed by atoms with Crippen LogP contribution >= 0.6 is 11.3 Å². The molecule has 2 rings (SSSR count). The zero-order chi connectivity index (χ0) is 16.5. The van der Waals surface area contributed by atoms with Crippen molar-refractivity contribution in [2.75, 3.05) is 20.2 Å². The highest BCUT2D eigenvalue weighted by Crippen LogP contribution is 2.36. The second-order valence-corrected chi connectivity index (χ2v) is 9.54. The molecule has 1 aromatic heterocycles. The predicted molar refractivity (Wildman–Crippen MR) is 84.4 cm³/mol. The SMILES string of the molecule is COC(=O)c1ncsc1S(=O)(=O)N1CCC[C@H](C(C)(C)C)C1. The number of rotatable bonds is 3. The molecule has 0 bridgehead atoms. The van der Waals surface area contributed by atoms with E-state index in [1.807, 2.05) is 0 Å². The highest BCUT2D eigenvalue weighted by molar-refractivity contribution is 7.91. The molecule has 0 aromatic carbocycles.